The van der Waals surface area contributed by atoms with Crippen molar-refractivity contribution in [3.05, 3.63) is 33.5 Å². The molecule has 0 unspecified atom stereocenters. The second-order valence-electron chi connectivity index (χ2n) is 4.88. The molecule has 0 amide bonds. The predicted octanol–water partition coefficient (Wildman–Crippen LogP) is 2.49. The van der Waals surface area contributed by atoms with E-state index in [2.05, 4.69) is 26.1 Å². The van der Waals surface area contributed by atoms with E-state index in [4.69, 9.17) is 11.5 Å². The zero-order chi connectivity index (χ0) is 13.9. The van der Waals surface area contributed by atoms with Crippen molar-refractivity contribution in [3.8, 4) is 0 Å². The van der Waals surface area contributed by atoms with Gasteiger partial charge >= 0.3 is 0 Å². The fraction of sp³-hybridized carbons (Fsp3) is 0.333. The third-order valence-corrected chi connectivity index (χ3v) is 2.87. The lowest BCUT2D eigenvalue weighted by Crippen LogP contribution is -2.21. The number of nitrogens with zero attached hydrogens (tertiary/aromatic N) is 2. The number of hydrogen-bond donors (Lipinski definition) is 2. The molecule has 6 heteroatoms. The predicted molar refractivity (Wildman–Crippen MR) is 76.2 cm³/mol. The highest BCUT2D eigenvalue weighted by Crippen LogP contribution is 2.28. The van der Waals surface area contributed by atoms with Crippen molar-refractivity contribution in [1.82, 2.24) is 0 Å². The summed E-state index contributed by atoms with van der Waals surface area (Å²) in [6, 6.07) is 3.49. The third-order valence-electron chi connectivity index (χ3n) is 2.29. The van der Waals surface area contributed by atoms with Crippen LogP contribution in [0.5, 0.6) is 0 Å². The van der Waals surface area contributed by atoms with E-state index in [1.165, 1.54) is 6.21 Å². The molecule has 0 saturated heterocycles. The zero-order valence-corrected chi connectivity index (χ0v) is 12.1. The van der Waals surface area contributed by atoms with Gasteiger partial charge in [0.2, 0.25) is 5.96 Å². The largest absolute Gasteiger partial charge is 0.369 e. The molecule has 0 atom stereocenters. The quantitative estimate of drug-likeness (QED) is 0.500. The minimum absolute atomic E-state index is 0.0883. The molecule has 0 aliphatic carbocycles. The fourth-order valence-electron chi connectivity index (χ4n) is 1.30. The average molecular weight is 315 g/mol. The van der Waals surface area contributed by atoms with Crippen LogP contribution in [0.15, 0.2) is 26.8 Å². The van der Waals surface area contributed by atoms with Crippen LogP contribution in [-0.2, 0) is 5.41 Å². The SMILES string of the molecule is CC(C)(C)c1cc(Br)c(F)c(C=NN=C(N)N)c1. The van der Waals surface area contributed by atoms with Gasteiger partial charge < -0.3 is 11.5 Å². The summed E-state index contributed by atoms with van der Waals surface area (Å²) in [7, 11) is 0. The Labute approximate surface area is 114 Å². The molecule has 98 valence electrons. The molecule has 0 fully saturated rings. The maximum Gasteiger partial charge on any atom is 0.211 e. The second-order valence-corrected chi connectivity index (χ2v) is 5.74. The maximum atomic E-state index is 13.8. The molecule has 0 aliphatic heterocycles. The van der Waals surface area contributed by atoms with Crippen LogP contribution in [0.1, 0.15) is 31.9 Å². The van der Waals surface area contributed by atoms with Crippen LogP contribution in [0.25, 0.3) is 0 Å². The topological polar surface area (TPSA) is 76.8 Å². The summed E-state index contributed by atoms with van der Waals surface area (Å²) in [5.74, 6) is -0.560. The lowest BCUT2D eigenvalue weighted by atomic mass is 9.86. The van der Waals surface area contributed by atoms with E-state index < -0.39 is 5.82 Å². The van der Waals surface area contributed by atoms with E-state index >= 15 is 0 Å². The Morgan fingerprint density at radius 1 is 1.33 bits per heavy atom. The minimum atomic E-state index is -0.391. The van der Waals surface area contributed by atoms with Crippen LogP contribution in [0.4, 0.5) is 4.39 Å². The monoisotopic (exact) mass is 314 g/mol. The van der Waals surface area contributed by atoms with Gasteiger partial charge in [-0.2, -0.15) is 5.10 Å². The molecule has 18 heavy (non-hydrogen) atoms. The van der Waals surface area contributed by atoms with Gasteiger partial charge in [0.25, 0.3) is 0 Å². The average Bonchev–Trinajstić information content (AvgIpc) is 2.22. The van der Waals surface area contributed by atoms with Crippen LogP contribution in [-0.4, -0.2) is 12.2 Å². The molecule has 4 nitrogen and oxygen atoms in total. The number of hydrogen-bond acceptors (Lipinski definition) is 2. The first-order valence-electron chi connectivity index (χ1n) is 5.33. The molecule has 0 aromatic heterocycles. The Bertz CT molecular complexity index is 500. The fourth-order valence-corrected chi connectivity index (χ4v) is 1.77. The van der Waals surface area contributed by atoms with Gasteiger partial charge in [0, 0.05) is 5.56 Å². The molecule has 0 radical (unpaired) electrons. The highest BCUT2D eigenvalue weighted by molar-refractivity contribution is 9.10. The Kier molecular flexibility index (Phi) is 4.45. The Hall–Kier alpha value is -1.43. The van der Waals surface area contributed by atoms with Crippen molar-refractivity contribution in [2.75, 3.05) is 0 Å². The van der Waals surface area contributed by atoms with Crippen LogP contribution in [0.2, 0.25) is 0 Å². The lowest BCUT2D eigenvalue weighted by molar-refractivity contribution is 0.579. The second kappa shape index (κ2) is 5.48. The Morgan fingerprint density at radius 2 is 1.94 bits per heavy atom. The molecule has 0 spiro atoms. The molecule has 0 aliphatic rings. The van der Waals surface area contributed by atoms with Gasteiger partial charge in [0.1, 0.15) is 5.82 Å². The first kappa shape index (κ1) is 14.6. The van der Waals surface area contributed by atoms with Crippen LogP contribution < -0.4 is 11.5 Å². The molecule has 0 bridgehead atoms. The number of benzene rings is 1. The smallest absolute Gasteiger partial charge is 0.211 e. The number of halogens is 2. The van der Waals surface area contributed by atoms with E-state index in [1.807, 2.05) is 20.8 Å². The van der Waals surface area contributed by atoms with Crippen molar-refractivity contribution < 1.29 is 4.39 Å². The lowest BCUT2D eigenvalue weighted by Gasteiger charge is -2.20. The van der Waals surface area contributed by atoms with E-state index in [1.54, 1.807) is 12.1 Å². The molecule has 1 aromatic rings. The third kappa shape index (κ3) is 3.80. The zero-order valence-electron chi connectivity index (χ0n) is 10.5. The van der Waals surface area contributed by atoms with E-state index in [0.29, 0.717) is 10.0 Å². The Balaban J connectivity index is 3.23. The van der Waals surface area contributed by atoms with Gasteiger partial charge in [0.05, 0.1) is 10.7 Å². The number of rotatable bonds is 2. The van der Waals surface area contributed by atoms with Crippen LogP contribution in [0, 0.1) is 5.82 Å². The van der Waals surface area contributed by atoms with Gasteiger partial charge in [0.15, 0.2) is 0 Å². The summed E-state index contributed by atoms with van der Waals surface area (Å²) in [4.78, 5) is 0. The van der Waals surface area contributed by atoms with Gasteiger partial charge in [-0.1, -0.05) is 20.8 Å². The normalized spacial score (nSPS) is 11.8. The first-order valence-corrected chi connectivity index (χ1v) is 6.12. The number of guanidine groups is 1. The highest BCUT2D eigenvalue weighted by atomic mass is 79.9. The highest BCUT2D eigenvalue weighted by Gasteiger charge is 2.17. The molecular formula is C12H16BrFN4. The van der Waals surface area contributed by atoms with Crippen molar-refractivity contribution in [2.24, 2.45) is 21.7 Å². The molecular weight excluding hydrogens is 299 g/mol. The summed E-state index contributed by atoms with van der Waals surface area (Å²) in [5.41, 5.74) is 11.5. The van der Waals surface area contributed by atoms with Crippen molar-refractivity contribution in [1.29, 1.82) is 0 Å². The molecule has 0 saturated carbocycles. The molecule has 4 N–H and O–H groups in total. The Morgan fingerprint density at radius 3 is 2.44 bits per heavy atom. The summed E-state index contributed by atoms with van der Waals surface area (Å²) in [6.07, 6.45) is 1.29. The van der Waals surface area contributed by atoms with Crippen molar-refractivity contribution in [3.63, 3.8) is 0 Å². The van der Waals surface area contributed by atoms with Gasteiger partial charge in [-0.25, -0.2) is 4.39 Å². The van der Waals surface area contributed by atoms with Gasteiger partial charge in [-0.05, 0) is 39.0 Å². The van der Waals surface area contributed by atoms with Gasteiger partial charge in [-0.15, -0.1) is 5.10 Å². The molecule has 1 rings (SSSR count). The first-order chi connectivity index (χ1) is 8.21. The van der Waals surface area contributed by atoms with E-state index in [0.717, 1.165) is 5.56 Å². The van der Waals surface area contributed by atoms with Crippen LogP contribution >= 0.6 is 15.9 Å². The van der Waals surface area contributed by atoms with Crippen molar-refractivity contribution >= 4 is 28.1 Å². The summed E-state index contributed by atoms with van der Waals surface area (Å²) >= 11 is 3.19. The summed E-state index contributed by atoms with van der Waals surface area (Å²) in [6.45, 7) is 6.14. The van der Waals surface area contributed by atoms with E-state index in [-0.39, 0.29) is 11.4 Å². The summed E-state index contributed by atoms with van der Waals surface area (Å²) < 4.78 is 14.2. The van der Waals surface area contributed by atoms with Crippen LogP contribution in [0.3, 0.4) is 0 Å². The van der Waals surface area contributed by atoms with Crippen molar-refractivity contribution in [2.45, 2.75) is 26.2 Å². The van der Waals surface area contributed by atoms with Gasteiger partial charge in [-0.3, -0.25) is 0 Å². The molecule has 0 heterocycles. The minimum Gasteiger partial charge on any atom is -0.369 e. The summed E-state index contributed by atoms with van der Waals surface area (Å²) in [5, 5.41) is 7.06. The standard InChI is InChI=1S/C12H16BrFN4/c1-12(2,3)8-4-7(6-17-18-11(15)16)10(14)9(13)5-8/h4-6H,1-3H3,(H4,15,16,18). The maximum absolute atomic E-state index is 13.8. The number of nitrogens with two attached hydrogens (primary N) is 2. The van der Waals surface area contributed by atoms with E-state index in [9.17, 15) is 4.39 Å². The molecule has 1 aromatic carbocycles.